The van der Waals surface area contributed by atoms with E-state index >= 15 is 0 Å². The standard InChI is InChI=1S/C13H13F2N3O2/c1-3-20-13(19)12-17-16-11(18(12)2)7-8-9(14)5-4-6-10(8)15/h4-6H,3,7H2,1-2H3. The minimum atomic E-state index is -0.661. The second-order valence-corrected chi connectivity index (χ2v) is 4.10. The van der Waals surface area contributed by atoms with Crippen molar-refractivity contribution in [2.75, 3.05) is 6.61 Å². The van der Waals surface area contributed by atoms with Crippen LogP contribution in [-0.4, -0.2) is 27.3 Å². The predicted octanol–water partition coefficient (Wildman–Crippen LogP) is 1.86. The van der Waals surface area contributed by atoms with Crippen LogP contribution in [-0.2, 0) is 18.2 Å². The SMILES string of the molecule is CCOC(=O)c1nnc(Cc2c(F)cccc2F)n1C. The maximum atomic E-state index is 13.6. The maximum absolute atomic E-state index is 13.6. The van der Waals surface area contributed by atoms with Gasteiger partial charge in [0.05, 0.1) is 6.61 Å². The molecule has 0 N–H and O–H groups in total. The third-order valence-corrected chi connectivity index (χ3v) is 2.82. The first kappa shape index (κ1) is 14.1. The van der Waals surface area contributed by atoms with Crippen molar-refractivity contribution in [3.63, 3.8) is 0 Å². The first-order valence-corrected chi connectivity index (χ1v) is 6.02. The highest BCUT2D eigenvalue weighted by Crippen LogP contribution is 2.16. The van der Waals surface area contributed by atoms with Gasteiger partial charge in [-0.15, -0.1) is 10.2 Å². The summed E-state index contributed by atoms with van der Waals surface area (Å²) in [5.41, 5.74) is -0.113. The molecule has 0 aliphatic rings. The predicted molar refractivity (Wildman–Crippen MR) is 66.1 cm³/mol. The highest BCUT2D eigenvalue weighted by molar-refractivity contribution is 5.85. The lowest BCUT2D eigenvalue weighted by Gasteiger charge is -2.05. The molecule has 0 aliphatic heterocycles. The zero-order valence-electron chi connectivity index (χ0n) is 11.1. The van der Waals surface area contributed by atoms with Crippen molar-refractivity contribution in [3.8, 4) is 0 Å². The number of nitrogens with zero attached hydrogens (tertiary/aromatic N) is 3. The molecule has 1 aromatic heterocycles. The first-order chi connectivity index (χ1) is 9.54. The molecule has 7 heteroatoms. The van der Waals surface area contributed by atoms with Gasteiger partial charge >= 0.3 is 5.97 Å². The molecule has 0 fully saturated rings. The van der Waals surface area contributed by atoms with E-state index in [0.29, 0.717) is 0 Å². The number of benzene rings is 1. The Labute approximate surface area is 114 Å². The van der Waals surface area contributed by atoms with E-state index in [1.165, 1.54) is 22.8 Å². The van der Waals surface area contributed by atoms with E-state index in [1.54, 1.807) is 14.0 Å². The molecule has 0 atom stereocenters. The Hall–Kier alpha value is -2.31. The highest BCUT2D eigenvalue weighted by Gasteiger charge is 2.19. The topological polar surface area (TPSA) is 57.0 Å². The summed E-state index contributed by atoms with van der Waals surface area (Å²) in [6, 6.07) is 3.62. The number of carbonyl (C=O) groups is 1. The second-order valence-electron chi connectivity index (χ2n) is 4.10. The fraction of sp³-hybridized carbons (Fsp3) is 0.308. The third-order valence-electron chi connectivity index (χ3n) is 2.82. The van der Waals surface area contributed by atoms with Gasteiger partial charge in [-0.25, -0.2) is 13.6 Å². The van der Waals surface area contributed by atoms with Crippen LogP contribution in [0.5, 0.6) is 0 Å². The van der Waals surface area contributed by atoms with Crippen LogP contribution in [0.2, 0.25) is 0 Å². The Kier molecular flexibility index (Phi) is 4.07. The Morgan fingerprint density at radius 3 is 2.55 bits per heavy atom. The summed E-state index contributed by atoms with van der Waals surface area (Å²) < 4.78 is 33.3. The summed E-state index contributed by atoms with van der Waals surface area (Å²) in [7, 11) is 1.54. The molecule has 106 valence electrons. The molecule has 1 heterocycles. The Morgan fingerprint density at radius 2 is 1.95 bits per heavy atom. The molecule has 1 aromatic carbocycles. The average molecular weight is 281 g/mol. The minimum absolute atomic E-state index is 0.00130. The maximum Gasteiger partial charge on any atom is 0.376 e. The molecule has 0 amide bonds. The smallest absolute Gasteiger partial charge is 0.376 e. The average Bonchev–Trinajstić information content (AvgIpc) is 2.76. The van der Waals surface area contributed by atoms with E-state index in [4.69, 9.17) is 4.74 Å². The lowest BCUT2D eigenvalue weighted by Crippen LogP contribution is -2.13. The van der Waals surface area contributed by atoms with Crippen LogP contribution in [0.3, 0.4) is 0 Å². The van der Waals surface area contributed by atoms with E-state index in [-0.39, 0.29) is 30.2 Å². The number of rotatable bonds is 4. The van der Waals surface area contributed by atoms with Crippen molar-refractivity contribution in [2.24, 2.45) is 7.05 Å². The largest absolute Gasteiger partial charge is 0.460 e. The third kappa shape index (κ3) is 2.66. The number of carbonyl (C=O) groups excluding carboxylic acids is 1. The number of hydrogen-bond donors (Lipinski definition) is 0. The van der Waals surface area contributed by atoms with Gasteiger partial charge in [0.25, 0.3) is 0 Å². The summed E-state index contributed by atoms with van der Waals surface area (Å²) in [4.78, 5) is 11.6. The molecule has 2 rings (SSSR count). The van der Waals surface area contributed by atoms with Crippen LogP contribution in [0, 0.1) is 11.6 Å². The van der Waals surface area contributed by atoms with Crippen LogP contribution in [0.15, 0.2) is 18.2 Å². The monoisotopic (exact) mass is 281 g/mol. The second kappa shape index (κ2) is 5.77. The molecule has 0 saturated heterocycles. The highest BCUT2D eigenvalue weighted by atomic mass is 19.1. The zero-order chi connectivity index (χ0) is 14.7. The summed E-state index contributed by atoms with van der Waals surface area (Å²) in [5.74, 6) is -1.67. The van der Waals surface area contributed by atoms with Gasteiger partial charge in [-0.3, -0.25) is 0 Å². The quantitative estimate of drug-likeness (QED) is 0.803. The summed E-state index contributed by atoms with van der Waals surface area (Å²) in [6.45, 7) is 1.88. The zero-order valence-corrected chi connectivity index (χ0v) is 11.1. The Morgan fingerprint density at radius 1 is 1.30 bits per heavy atom. The molecule has 5 nitrogen and oxygen atoms in total. The molecule has 0 bridgehead atoms. The van der Waals surface area contributed by atoms with Crippen LogP contribution < -0.4 is 0 Å². The Balaban J connectivity index is 2.29. The molecule has 0 unspecified atom stereocenters. The van der Waals surface area contributed by atoms with Crippen molar-refractivity contribution in [3.05, 3.63) is 47.0 Å². The molecule has 0 aliphatic carbocycles. The van der Waals surface area contributed by atoms with Gasteiger partial charge in [0.2, 0.25) is 5.82 Å². The number of esters is 1. The molecular formula is C13H13F2N3O2. The number of ether oxygens (including phenoxy) is 1. The van der Waals surface area contributed by atoms with Crippen molar-refractivity contribution >= 4 is 5.97 Å². The first-order valence-electron chi connectivity index (χ1n) is 6.02. The summed E-state index contributed by atoms with van der Waals surface area (Å²) in [5, 5.41) is 7.46. The van der Waals surface area contributed by atoms with E-state index in [1.807, 2.05) is 0 Å². The molecular weight excluding hydrogens is 268 g/mol. The van der Waals surface area contributed by atoms with Crippen molar-refractivity contribution in [1.82, 2.24) is 14.8 Å². The lowest BCUT2D eigenvalue weighted by atomic mass is 10.1. The number of aromatic nitrogens is 3. The van der Waals surface area contributed by atoms with Crippen LogP contribution in [0.4, 0.5) is 8.78 Å². The van der Waals surface area contributed by atoms with Crippen LogP contribution >= 0.6 is 0 Å². The van der Waals surface area contributed by atoms with E-state index in [2.05, 4.69) is 10.2 Å². The van der Waals surface area contributed by atoms with E-state index in [0.717, 1.165) is 0 Å². The van der Waals surface area contributed by atoms with Gasteiger partial charge in [-0.1, -0.05) is 6.07 Å². The van der Waals surface area contributed by atoms with Gasteiger partial charge in [0, 0.05) is 19.0 Å². The fourth-order valence-corrected chi connectivity index (χ4v) is 1.75. The molecule has 20 heavy (non-hydrogen) atoms. The normalized spacial score (nSPS) is 10.6. The van der Waals surface area contributed by atoms with Crippen LogP contribution in [0.25, 0.3) is 0 Å². The Bertz CT molecular complexity index is 620. The number of halogens is 2. The van der Waals surface area contributed by atoms with Crippen molar-refractivity contribution in [2.45, 2.75) is 13.3 Å². The fourth-order valence-electron chi connectivity index (χ4n) is 1.75. The number of hydrogen-bond acceptors (Lipinski definition) is 4. The van der Waals surface area contributed by atoms with Crippen molar-refractivity contribution in [1.29, 1.82) is 0 Å². The molecule has 0 saturated carbocycles. The van der Waals surface area contributed by atoms with Gasteiger partial charge in [0.15, 0.2) is 0 Å². The summed E-state index contributed by atoms with van der Waals surface area (Å²) in [6.07, 6.45) is -0.0958. The lowest BCUT2D eigenvalue weighted by molar-refractivity contribution is 0.0507. The van der Waals surface area contributed by atoms with E-state index in [9.17, 15) is 13.6 Å². The summed E-state index contributed by atoms with van der Waals surface area (Å²) >= 11 is 0. The van der Waals surface area contributed by atoms with Gasteiger partial charge < -0.3 is 9.30 Å². The van der Waals surface area contributed by atoms with Gasteiger partial charge in [-0.2, -0.15) is 0 Å². The minimum Gasteiger partial charge on any atom is -0.460 e. The van der Waals surface area contributed by atoms with Gasteiger partial charge in [0.1, 0.15) is 17.5 Å². The van der Waals surface area contributed by atoms with Crippen molar-refractivity contribution < 1.29 is 18.3 Å². The van der Waals surface area contributed by atoms with Crippen LogP contribution in [0.1, 0.15) is 28.9 Å². The molecule has 0 radical (unpaired) electrons. The van der Waals surface area contributed by atoms with E-state index < -0.39 is 17.6 Å². The molecule has 0 spiro atoms. The molecule has 2 aromatic rings. The van der Waals surface area contributed by atoms with Gasteiger partial charge in [-0.05, 0) is 19.1 Å².